The summed E-state index contributed by atoms with van der Waals surface area (Å²) in [5, 5.41) is 5.18. The third-order valence-electron chi connectivity index (χ3n) is 5.85. The van der Waals surface area contributed by atoms with Crippen LogP contribution in [0.5, 0.6) is 17.2 Å². The molecule has 198 valence electrons. The van der Waals surface area contributed by atoms with Crippen molar-refractivity contribution in [3.8, 4) is 28.5 Å². The molecular weight excluding hydrogens is 511 g/mol. The van der Waals surface area contributed by atoms with Crippen LogP contribution in [0.1, 0.15) is 27.8 Å². The molecule has 38 heavy (non-hydrogen) atoms. The zero-order valence-corrected chi connectivity index (χ0v) is 22.2. The number of hydrogen-bond acceptors (Lipinski definition) is 8. The predicted octanol–water partition coefficient (Wildman–Crippen LogP) is 5.15. The van der Waals surface area contributed by atoms with Crippen LogP contribution in [-0.2, 0) is 4.74 Å². The van der Waals surface area contributed by atoms with Gasteiger partial charge in [0.05, 0.1) is 31.6 Å². The number of rotatable bonds is 11. The van der Waals surface area contributed by atoms with Gasteiger partial charge in [-0.25, -0.2) is 9.37 Å². The Labute approximate surface area is 223 Å². The first kappa shape index (κ1) is 27.0. The largest absolute Gasteiger partial charge is 0.494 e. The number of fused-ring (bicyclic) bond motifs is 1. The number of ether oxygens (including phenoxy) is 4. The van der Waals surface area contributed by atoms with Gasteiger partial charge in [-0.2, -0.15) is 0 Å². The van der Waals surface area contributed by atoms with Crippen LogP contribution in [0.3, 0.4) is 0 Å². The van der Waals surface area contributed by atoms with E-state index in [0.717, 1.165) is 0 Å². The van der Waals surface area contributed by atoms with Crippen LogP contribution in [0, 0.1) is 5.82 Å². The maximum atomic E-state index is 14.3. The Morgan fingerprint density at radius 1 is 1.00 bits per heavy atom. The van der Waals surface area contributed by atoms with Gasteiger partial charge in [-0.3, -0.25) is 9.59 Å². The van der Waals surface area contributed by atoms with Gasteiger partial charge in [0.25, 0.3) is 5.91 Å². The Bertz CT molecular complexity index is 1470. The summed E-state index contributed by atoms with van der Waals surface area (Å²) in [5.41, 5.74) is 1.52. The molecule has 2 aromatic carbocycles. The first-order chi connectivity index (χ1) is 18.4. The van der Waals surface area contributed by atoms with E-state index in [9.17, 15) is 14.0 Å². The number of nitrogens with one attached hydrogen (secondary N) is 1. The molecule has 0 bridgehead atoms. The second-order valence-corrected chi connectivity index (χ2v) is 9.16. The van der Waals surface area contributed by atoms with Crippen molar-refractivity contribution >= 4 is 33.1 Å². The van der Waals surface area contributed by atoms with E-state index in [2.05, 4.69) is 10.3 Å². The van der Waals surface area contributed by atoms with Crippen LogP contribution < -0.4 is 19.5 Å². The first-order valence-electron chi connectivity index (χ1n) is 11.7. The number of pyridine rings is 1. The van der Waals surface area contributed by atoms with E-state index >= 15 is 0 Å². The highest BCUT2D eigenvalue weighted by Gasteiger charge is 2.23. The van der Waals surface area contributed by atoms with Gasteiger partial charge in [0, 0.05) is 29.0 Å². The molecule has 2 aromatic heterocycles. The van der Waals surface area contributed by atoms with Crippen LogP contribution in [0.2, 0.25) is 0 Å². The van der Waals surface area contributed by atoms with Crippen LogP contribution in [0.25, 0.3) is 21.3 Å². The summed E-state index contributed by atoms with van der Waals surface area (Å²) in [6, 6.07) is 11.9. The van der Waals surface area contributed by atoms with E-state index in [0.29, 0.717) is 57.4 Å². The quantitative estimate of drug-likeness (QED) is 0.209. The van der Waals surface area contributed by atoms with Crippen molar-refractivity contribution in [1.82, 2.24) is 10.3 Å². The van der Waals surface area contributed by atoms with Gasteiger partial charge in [-0.15, -0.1) is 11.3 Å². The summed E-state index contributed by atoms with van der Waals surface area (Å²) in [4.78, 5) is 30.7. The van der Waals surface area contributed by atoms with Crippen molar-refractivity contribution in [2.75, 3.05) is 34.5 Å². The fourth-order valence-electron chi connectivity index (χ4n) is 3.88. The number of hydrogen-bond donors (Lipinski definition) is 1. The predicted molar refractivity (Wildman–Crippen MR) is 143 cm³/mol. The lowest BCUT2D eigenvalue weighted by atomic mass is 10.1. The minimum absolute atomic E-state index is 0.142. The molecule has 2 heterocycles. The Morgan fingerprint density at radius 3 is 2.50 bits per heavy atom. The molecule has 0 aliphatic heterocycles. The molecular formula is C28H27FN2O6S. The lowest BCUT2D eigenvalue weighted by Gasteiger charge is -2.15. The zero-order chi connectivity index (χ0) is 27.2. The standard InChI is InChI=1S/C28H27FN2O6S/c1-16(30-28(33)17-8-10-22(24(14-17)36-4)37-13-12-34-2)26(32)21-9-11-23(35-3)25(31-21)19-15-38-27-18(19)6-5-7-20(27)29/h5-11,14-16H,12-13H2,1-4H3,(H,30,33). The number of methoxy groups -OCH3 is 3. The molecule has 1 amide bonds. The van der Waals surface area contributed by atoms with Crippen LogP contribution in [0.4, 0.5) is 4.39 Å². The van der Waals surface area contributed by atoms with E-state index in [1.165, 1.54) is 37.7 Å². The number of benzene rings is 2. The van der Waals surface area contributed by atoms with Crippen molar-refractivity contribution < 1.29 is 32.9 Å². The fraction of sp³-hybridized carbons (Fsp3) is 0.250. The molecule has 0 saturated heterocycles. The number of ketones is 1. The molecule has 0 radical (unpaired) electrons. The van der Waals surface area contributed by atoms with Crippen molar-refractivity contribution in [2.45, 2.75) is 13.0 Å². The molecule has 1 atom stereocenters. The summed E-state index contributed by atoms with van der Waals surface area (Å²) < 4.78 is 36.1. The van der Waals surface area contributed by atoms with Crippen molar-refractivity contribution in [2.24, 2.45) is 0 Å². The van der Waals surface area contributed by atoms with Gasteiger partial charge < -0.3 is 24.3 Å². The van der Waals surface area contributed by atoms with E-state index < -0.39 is 11.9 Å². The fourth-order valence-corrected chi connectivity index (χ4v) is 4.84. The smallest absolute Gasteiger partial charge is 0.252 e. The summed E-state index contributed by atoms with van der Waals surface area (Å²) in [7, 11) is 4.55. The molecule has 0 fully saturated rings. The molecule has 0 spiro atoms. The van der Waals surface area contributed by atoms with Gasteiger partial charge >= 0.3 is 0 Å². The van der Waals surface area contributed by atoms with Gasteiger partial charge in [0.1, 0.15) is 29.6 Å². The van der Waals surface area contributed by atoms with Crippen molar-refractivity contribution in [3.05, 3.63) is 71.0 Å². The number of halogens is 1. The SMILES string of the molecule is COCCOc1ccc(C(=O)NC(C)C(=O)c2ccc(OC)c(-c3csc4c(F)cccc34)n2)cc1OC. The maximum Gasteiger partial charge on any atom is 0.252 e. The van der Waals surface area contributed by atoms with Gasteiger partial charge in [0.2, 0.25) is 5.78 Å². The third kappa shape index (κ3) is 5.61. The number of carbonyl (C=O) groups excluding carboxylic acids is 2. The second-order valence-electron chi connectivity index (χ2n) is 8.28. The Balaban J connectivity index is 1.55. The molecule has 4 rings (SSSR count). The summed E-state index contributed by atoms with van der Waals surface area (Å²) in [5.74, 6) is 0.129. The Kier molecular flexibility index (Phi) is 8.55. The lowest BCUT2D eigenvalue weighted by Crippen LogP contribution is -2.38. The molecule has 0 aliphatic carbocycles. The molecule has 1 N–H and O–H groups in total. The van der Waals surface area contributed by atoms with Crippen LogP contribution in [0.15, 0.2) is 53.9 Å². The molecule has 1 unspecified atom stereocenters. The number of amides is 1. The molecule has 4 aromatic rings. The highest BCUT2D eigenvalue weighted by molar-refractivity contribution is 7.17. The molecule has 10 heteroatoms. The van der Waals surface area contributed by atoms with Gasteiger partial charge in [-0.05, 0) is 43.3 Å². The Hall–Kier alpha value is -4.02. The van der Waals surface area contributed by atoms with E-state index in [-0.39, 0.29) is 17.3 Å². The zero-order valence-electron chi connectivity index (χ0n) is 21.4. The van der Waals surface area contributed by atoms with E-state index in [4.69, 9.17) is 18.9 Å². The summed E-state index contributed by atoms with van der Waals surface area (Å²) in [6.07, 6.45) is 0. The summed E-state index contributed by atoms with van der Waals surface area (Å²) >= 11 is 1.25. The first-order valence-corrected chi connectivity index (χ1v) is 12.6. The number of nitrogens with zero attached hydrogens (tertiary/aromatic N) is 1. The lowest BCUT2D eigenvalue weighted by molar-refractivity contribution is 0.0863. The highest BCUT2D eigenvalue weighted by Crippen LogP contribution is 2.38. The minimum Gasteiger partial charge on any atom is -0.494 e. The molecule has 0 saturated carbocycles. The van der Waals surface area contributed by atoms with Crippen molar-refractivity contribution in [1.29, 1.82) is 0 Å². The summed E-state index contributed by atoms with van der Waals surface area (Å²) in [6.45, 7) is 2.32. The minimum atomic E-state index is -0.878. The molecule has 0 aliphatic rings. The van der Waals surface area contributed by atoms with Gasteiger partial charge in [-0.1, -0.05) is 12.1 Å². The third-order valence-corrected chi connectivity index (χ3v) is 6.85. The normalized spacial score (nSPS) is 11.7. The second kappa shape index (κ2) is 12.0. The molecule has 8 nitrogen and oxygen atoms in total. The van der Waals surface area contributed by atoms with Crippen LogP contribution >= 0.6 is 11.3 Å². The van der Waals surface area contributed by atoms with Crippen molar-refractivity contribution in [3.63, 3.8) is 0 Å². The average Bonchev–Trinajstić information content (AvgIpc) is 3.37. The average molecular weight is 539 g/mol. The Morgan fingerprint density at radius 2 is 1.76 bits per heavy atom. The maximum absolute atomic E-state index is 14.3. The number of Topliss-reactive ketones (excluding diaryl/α,β-unsaturated/α-hetero) is 1. The van der Waals surface area contributed by atoms with E-state index in [1.54, 1.807) is 55.8 Å². The monoisotopic (exact) mass is 538 g/mol. The number of thiophene rings is 1. The number of carbonyl (C=O) groups is 2. The van der Waals surface area contributed by atoms with Gasteiger partial charge in [0.15, 0.2) is 11.5 Å². The van der Waals surface area contributed by atoms with E-state index in [1.807, 2.05) is 0 Å². The topological polar surface area (TPSA) is 96.0 Å². The highest BCUT2D eigenvalue weighted by atomic mass is 32.1. The van der Waals surface area contributed by atoms with Crippen LogP contribution in [-0.4, -0.2) is 57.3 Å². The number of aromatic nitrogens is 1.